The summed E-state index contributed by atoms with van der Waals surface area (Å²) in [5.41, 5.74) is 1.31. The van der Waals surface area contributed by atoms with E-state index in [1.165, 1.54) is 6.42 Å². The summed E-state index contributed by atoms with van der Waals surface area (Å²) in [6.07, 6.45) is 7.45. The minimum absolute atomic E-state index is 0.0999. The predicted octanol–water partition coefficient (Wildman–Crippen LogP) is 5.34. The van der Waals surface area contributed by atoms with Crippen molar-refractivity contribution >= 4 is 17.6 Å². The van der Waals surface area contributed by atoms with Crippen LogP contribution in [0.3, 0.4) is 0 Å². The van der Waals surface area contributed by atoms with E-state index in [0.717, 1.165) is 50.6 Å². The molecule has 0 unspecified atom stereocenters. The summed E-state index contributed by atoms with van der Waals surface area (Å²) in [5.74, 6) is 0.510. The normalized spacial score (nSPS) is 21.0. The predicted molar refractivity (Wildman–Crippen MR) is 132 cm³/mol. The highest BCUT2D eigenvalue weighted by Gasteiger charge is 2.33. The maximum Gasteiger partial charge on any atom is 0.251 e. The van der Waals surface area contributed by atoms with E-state index in [9.17, 15) is 14.4 Å². The van der Waals surface area contributed by atoms with Crippen molar-refractivity contribution in [3.63, 3.8) is 0 Å². The number of Topliss-reactive ketones (excluding diaryl/α,β-unsaturated/α-hetero) is 1. The summed E-state index contributed by atoms with van der Waals surface area (Å²) in [6, 6.07) is 7.37. The topological polar surface area (TPSA) is 66.5 Å². The summed E-state index contributed by atoms with van der Waals surface area (Å²) in [7, 11) is 0. The Kier molecular flexibility index (Phi) is 8.36. The van der Waals surface area contributed by atoms with Crippen LogP contribution in [-0.4, -0.2) is 41.6 Å². The van der Waals surface area contributed by atoms with Crippen molar-refractivity contribution in [2.24, 2.45) is 17.3 Å². The van der Waals surface area contributed by atoms with Crippen LogP contribution >= 0.6 is 0 Å². The van der Waals surface area contributed by atoms with Crippen molar-refractivity contribution in [2.45, 2.75) is 91.5 Å². The minimum Gasteiger partial charge on any atom is -0.342 e. The van der Waals surface area contributed by atoms with Gasteiger partial charge in [0.2, 0.25) is 5.91 Å². The number of carbonyl (C=O) groups excluding carboxylic acids is 3. The Morgan fingerprint density at radius 2 is 1.70 bits per heavy atom. The third-order valence-electron chi connectivity index (χ3n) is 7.25. The summed E-state index contributed by atoms with van der Waals surface area (Å²) in [5, 5.41) is 3.11. The summed E-state index contributed by atoms with van der Waals surface area (Å²) >= 11 is 0. The first kappa shape index (κ1) is 25.5. The second kappa shape index (κ2) is 10.8. The molecule has 2 fully saturated rings. The molecule has 1 heterocycles. The van der Waals surface area contributed by atoms with Crippen LogP contribution in [0.15, 0.2) is 24.3 Å². The summed E-state index contributed by atoms with van der Waals surface area (Å²) in [6.45, 7) is 11.2. The van der Waals surface area contributed by atoms with Gasteiger partial charge in [0.15, 0.2) is 5.78 Å². The summed E-state index contributed by atoms with van der Waals surface area (Å²) in [4.78, 5) is 41.0. The number of likely N-dealkylation sites (tertiary alicyclic amines) is 1. The highest BCUT2D eigenvalue weighted by Crippen LogP contribution is 2.31. The van der Waals surface area contributed by atoms with E-state index in [4.69, 9.17) is 0 Å². The lowest BCUT2D eigenvalue weighted by atomic mass is 9.80. The molecule has 2 atom stereocenters. The van der Waals surface area contributed by atoms with Crippen molar-refractivity contribution in [1.29, 1.82) is 0 Å². The number of benzene rings is 1. The SMILES string of the molecule is CC(C)C(=O)[C@H](NC(=O)c1cccc([C@H]2CCCN(C(=O)C(C)(C)C)C2)c1)C1CCCCC1. The standard InChI is InChI=1S/C28H42N2O3/c1-19(2)25(31)24(20-11-7-6-8-12-20)29-26(32)22-14-9-13-21(17-22)23-15-10-16-30(18-23)27(33)28(3,4)5/h9,13-14,17,19-20,23-24H,6-8,10-12,15-16,18H2,1-5H3,(H,29,32)/t23-,24+/m0/s1. The van der Waals surface area contributed by atoms with Crippen LogP contribution in [-0.2, 0) is 9.59 Å². The molecule has 0 radical (unpaired) electrons. The van der Waals surface area contributed by atoms with Gasteiger partial charge in [-0.1, -0.05) is 66.0 Å². The Morgan fingerprint density at radius 3 is 2.33 bits per heavy atom. The zero-order valence-corrected chi connectivity index (χ0v) is 21.2. The lowest BCUT2D eigenvalue weighted by Crippen LogP contribution is -2.48. The lowest BCUT2D eigenvalue weighted by Gasteiger charge is -2.36. The van der Waals surface area contributed by atoms with Gasteiger partial charge in [0.05, 0.1) is 6.04 Å². The first-order valence-electron chi connectivity index (χ1n) is 12.8. The zero-order chi connectivity index (χ0) is 24.2. The van der Waals surface area contributed by atoms with Crippen molar-refractivity contribution < 1.29 is 14.4 Å². The number of amides is 2. The fourth-order valence-corrected chi connectivity index (χ4v) is 5.31. The fourth-order valence-electron chi connectivity index (χ4n) is 5.31. The molecule has 3 rings (SSSR count). The molecule has 33 heavy (non-hydrogen) atoms. The molecule has 0 aromatic heterocycles. The Hall–Kier alpha value is -2.17. The summed E-state index contributed by atoms with van der Waals surface area (Å²) < 4.78 is 0. The van der Waals surface area contributed by atoms with Gasteiger partial charge in [0.1, 0.15) is 0 Å². The molecule has 0 bridgehead atoms. The third-order valence-corrected chi connectivity index (χ3v) is 7.25. The number of ketones is 1. The Bertz CT molecular complexity index is 849. The van der Waals surface area contributed by atoms with Crippen LogP contribution in [0.4, 0.5) is 0 Å². The van der Waals surface area contributed by atoms with Gasteiger partial charge in [-0.2, -0.15) is 0 Å². The molecule has 0 spiro atoms. The first-order valence-corrected chi connectivity index (χ1v) is 12.8. The van der Waals surface area contributed by atoms with Crippen LogP contribution in [0, 0.1) is 17.3 Å². The average molecular weight is 455 g/mol. The average Bonchev–Trinajstić information content (AvgIpc) is 2.81. The van der Waals surface area contributed by atoms with Crippen LogP contribution in [0.2, 0.25) is 0 Å². The van der Waals surface area contributed by atoms with Gasteiger partial charge in [-0.05, 0) is 49.3 Å². The first-order chi connectivity index (χ1) is 15.6. The maximum absolute atomic E-state index is 13.2. The molecule has 182 valence electrons. The highest BCUT2D eigenvalue weighted by molar-refractivity contribution is 5.98. The molecule has 1 aliphatic heterocycles. The zero-order valence-electron chi connectivity index (χ0n) is 21.2. The quantitative estimate of drug-likeness (QED) is 0.631. The van der Waals surface area contributed by atoms with E-state index < -0.39 is 6.04 Å². The molecule has 1 saturated heterocycles. The fraction of sp³-hybridized carbons (Fsp3) is 0.679. The Labute approximate surface area is 199 Å². The van der Waals surface area contributed by atoms with Crippen molar-refractivity contribution in [3.8, 4) is 0 Å². The van der Waals surface area contributed by atoms with E-state index in [-0.39, 0.29) is 40.8 Å². The van der Waals surface area contributed by atoms with E-state index >= 15 is 0 Å². The molecule has 1 saturated carbocycles. The second-order valence-corrected chi connectivity index (χ2v) is 11.4. The molecule has 1 aliphatic carbocycles. The molecule has 2 amide bonds. The number of piperidine rings is 1. The molecular weight excluding hydrogens is 412 g/mol. The minimum atomic E-state index is -0.406. The van der Waals surface area contributed by atoms with Gasteiger partial charge in [-0.25, -0.2) is 0 Å². The molecule has 1 aromatic carbocycles. The van der Waals surface area contributed by atoms with Gasteiger partial charge < -0.3 is 10.2 Å². The third kappa shape index (κ3) is 6.45. The van der Waals surface area contributed by atoms with Crippen LogP contribution < -0.4 is 5.32 Å². The van der Waals surface area contributed by atoms with Crippen molar-refractivity contribution in [3.05, 3.63) is 35.4 Å². The smallest absolute Gasteiger partial charge is 0.251 e. The lowest BCUT2D eigenvalue weighted by molar-refractivity contribution is -0.140. The van der Waals surface area contributed by atoms with Crippen LogP contribution in [0.1, 0.15) is 101 Å². The van der Waals surface area contributed by atoms with Crippen molar-refractivity contribution in [1.82, 2.24) is 10.2 Å². The highest BCUT2D eigenvalue weighted by atomic mass is 16.2. The number of hydrogen-bond donors (Lipinski definition) is 1. The monoisotopic (exact) mass is 454 g/mol. The van der Waals surface area contributed by atoms with Gasteiger partial charge >= 0.3 is 0 Å². The van der Waals surface area contributed by atoms with Crippen LogP contribution in [0.25, 0.3) is 0 Å². The Morgan fingerprint density at radius 1 is 1.00 bits per heavy atom. The van der Waals surface area contributed by atoms with E-state index in [2.05, 4.69) is 11.4 Å². The van der Waals surface area contributed by atoms with Gasteiger partial charge in [0.25, 0.3) is 5.91 Å². The number of carbonyl (C=O) groups is 3. The molecule has 2 aliphatic rings. The largest absolute Gasteiger partial charge is 0.342 e. The van der Waals surface area contributed by atoms with Crippen LogP contribution in [0.5, 0.6) is 0 Å². The van der Waals surface area contributed by atoms with E-state index in [1.807, 2.05) is 57.7 Å². The second-order valence-electron chi connectivity index (χ2n) is 11.4. The maximum atomic E-state index is 13.2. The van der Waals surface area contributed by atoms with E-state index in [0.29, 0.717) is 12.1 Å². The van der Waals surface area contributed by atoms with Crippen molar-refractivity contribution in [2.75, 3.05) is 13.1 Å². The number of nitrogens with one attached hydrogen (secondary N) is 1. The van der Waals surface area contributed by atoms with Gasteiger partial charge in [-0.15, -0.1) is 0 Å². The molecule has 5 heteroatoms. The number of rotatable bonds is 6. The number of hydrogen-bond acceptors (Lipinski definition) is 3. The molecule has 5 nitrogen and oxygen atoms in total. The number of nitrogens with zero attached hydrogens (tertiary/aromatic N) is 1. The molecule has 1 aromatic rings. The van der Waals surface area contributed by atoms with E-state index in [1.54, 1.807) is 0 Å². The molecule has 1 N–H and O–H groups in total. The van der Waals surface area contributed by atoms with Gasteiger partial charge in [-0.3, -0.25) is 14.4 Å². The molecular formula is C28H42N2O3. The van der Waals surface area contributed by atoms with Gasteiger partial charge in [0, 0.05) is 35.9 Å². The Balaban J connectivity index is 1.74.